The summed E-state index contributed by atoms with van der Waals surface area (Å²) in [5.41, 5.74) is 6.53. The molecule has 0 unspecified atom stereocenters. The van der Waals surface area contributed by atoms with Gasteiger partial charge in [0.15, 0.2) is 18.9 Å². The summed E-state index contributed by atoms with van der Waals surface area (Å²) in [6, 6.07) is 68.9. The van der Waals surface area contributed by atoms with Crippen LogP contribution in [0, 0.1) is 0 Å². The molecule has 0 bridgehead atoms. The molecule has 0 aliphatic carbocycles. The Balaban J connectivity index is 0.997. The quantitative estimate of drug-likeness (QED) is 0.0529. The molecule has 0 saturated carbocycles. The van der Waals surface area contributed by atoms with E-state index >= 15 is 0 Å². The van der Waals surface area contributed by atoms with Gasteiger partial charge in [-0.2, -0.15) is 0 Å². The summed E-state index contributed by atoms with van der Waals surface area (Å²) in [5, 5.41) is 24.9. The molecule has 7 aromatic rings. The molecule has 7 aromatic carbocycles. The summed E-state index contributed by atoms with van der Waals surface area (Å²) in [5.74, 6) is 0. The van der Waals surface area contributed by atoms with Crippen LogP contribution < -0.4 is 0 Å². The van der Waals surface area contributed by atoms with Crippen molar-refractivity contribution < 1.29 is 67.1 Å². The van der Waals surface area contributed by atoms with Gasteiger partial charge in [0.05, 0.1) is 65.1 Å². The van der Waals surface area contributed by atoms with Crippen LogP contribution in [0.3, 0.4) is 0 Å². The van der Waals surface area contributed by atoms with E-state index in [2.05, 4.69) is 0 Å². The maximum Gasteiger partial charge on any atom is 0.187 e. The van der Waals surface area contributed by atoms with E-state index in [1.807, 2.05) is 226 Å². The van der Waals surface area contributed by atoms with Crippen LogP contribution in [-0.4, -0.2) is 109 Å². The highest BCUT2D eigenvalue weighted by Gasteiger charge is 2.55. The molecule has 0 spiro atoms. The second-order valence-corrected chi connectivity index (χ2v) is 20.7. The third-order valence-electron chi connectivity index (χ3n) is 14.8. The molecular weight excluding hydrogens is 1030 g/mol. The van der Waals surface area contributed by atoms with Gasteiger partial charge in [0.2, 0.25) is 0 Å². The number of hydrogen-bond acceptors (Lipinski definition) is 14. The fourth-order valence-electron chi connectivity index (χ4n) is 10.5. The maximum absolute atomic E-state index is 13.0. The van der Waals surface area contributed by atoms with Gasteiger partial charge in [0, 0.05) is 0 Å². The Morgan fingerprint density at radius 2 is 0.617 bits per heavy atom. The second kappa shape index (κ2) is 29.8. The minimum Gasteiger partial charge on any atom is -0.385 e. The lowest BCUT2D eigenvalue weighted by Gasteiger charge is -2.50. The summed E-state index contributed by atoms with van der Waals surface area (Å²) in [7, 11) is 0. The van der Waals surface area contributed by atoms with Gasteiger partial charge >= 0.3 is 0 Å². The highest BCUT2D eigenvalue weighted by molar-refractivity contribution is 5.19. The topological polar surface area (TPSA) is 151 Å². The van der Waals surface area contributed by atoms with Crippen LogP contribution in [0.5, 0.6) is 0 Å². The van der Waals surface area contributed by atoms with E-state index in [0.29, 0.717) is 6.61 Å². The maximum atomic E-state index is 13.0. The van der Waals surface area contributed by atoms with Gasteiger partial charge in [-0.1, -0.05) is 212 Å². The largest absolute Gasteiger partial charge is 0.385 e. The van der Waals surface area contributed by atoms with Crippen molar-refractivity contribution in [3.05, 3.63) is 251 Å². The van der Waals surface area contributed by atoms with Crippen molar-refractivity contribution in [1.29, 1.82) is 0 Å². The number of aliphatic hydroxyl groups excluding tert-OH is 2. The minimum absolute atomic E-state index is 0.0765. The lowest BCUT2D eigenvalue weighted by Crippen LogP contribution is -2.67. The van der Waals surface area contributed by atoms with E-state index < -0.39 is 92.1 Å². The fraction of sp³-hybridized carbons (Fsp3) is 0.373. The van der Waals surface area contributed by atoms with Gasteiger partial charge in [-0.05, 0) is 52.8 Å². The molecule has 426 valence electrons. The zero-order chi connectivity index (χ0) is 55.6. The molecular formula is C67H74O14. The van der Waals surface area contributed by atoms with Crippen molar-refractivity contribution in [3.8, 4) is 0 Å². The van der Waals surface area contributed by atoms with Gasteiger partial charge in [0.1, 0.15) is 61.0 Å². The van der Waals surface area contributed by atoms with Gasteiger partial charge < -0.3 is 67.1 Å². The molecule has 10 rings (SSSR count). The third kappa shape index (κ3) is 16.2. The lowest BCUT2D eigenvalue weighted by molar-refractivity contribution is -0.390. The zero-order valence-corrected chi connectivity index (χ0v) is 45.8. The first-order chi connectivity index (χ1) is 39.8. The van der Waals surface area contributed by atoms with Crippen molar-refractivity contribution in [2.75, 3.05) is 6.61 Å². The van der Waals surface area contributed by atoms with Crippen molar-refractivity contribution in [1.82, 2.24) is 0 Å². The van der Waals surface area contributed by atoms with Crippen LogP contribution >= 0.6 is 0 Å². The van der Waals surface area contributed by atoms with Gasteiger partial charge in [-0.3, -0.25) is 0 Å². The molecule has 3 aliphatic heterocycles. The molecule has 3 fully saturated rings. The minimum atomic E-state index is -1.58. The van der Waals surface area contributed by atoms with Crippen LogP contribution in [0.25, 0.3) is 0 Å². The first kappa shape index (κ1) is 58.2. The highest BCUT2D eigenvalue weighted by atomic mass is 16.8. The summed E-state index contributed by atoms with van der Waals surface area (Å²) >= 11 is 0. The Morgan fingerprint density at radius 1 is 0.309 bits per heavy atom. The van der Waals surface area contributed by atoms with Gasteiger partial charge in [-0.25, -0.2) is 0 Å². The average molecular weight is 1100 g/mol. The van der Waals surface area contributed by atoms with Crippen LogP contribution in [0.15, 0.2) is 212 Å². The van der Waals surface area contributed by atoms with E-state index in [1.54, 1.807) is 0 Å². The number of hydrogen-bond donors (Lipinski definition) is 2. The molecule has 81 heavy (non-hydrogen) atoms. The first-order valence-corrected chi connectivity index (χ1v) is 28.0. The lowest BCUT2D eigenvalue weighted by atomic mass is 9.95. The Labute approximate surface area is 475 Å². The number of ether oxygens (including phenoxy) is 12. The summed E-state index contributed by atoms with van der Waals surface area (Å²) in [6.45, 7) is 5.21. The molecule has 15 atom stereocenters. The van der Waals surface area contributed by atoms with Crippen LogP contribution in [0.1, 0.15) is 52.8 Å². The smallest absolute Gasteiger partial charge is 0.187 e. The van der Waals surface area contributed by atoms with Crippen molar-refractivity contribution in [3.63, 3.8) is 0 Å². The highest BCUT2D eigenvalue weighted by Crippen LogP contribution is 2.38. The monoisotopic (exact) mass is 1100 g/mol. The third-order valence-corrected chi connectivity index (χ3v) is 14.8. The number of rotatable bonds is 26. The SMILES string of the molecule is C[C@@H]1O[C@@H](O)[C@H](O[C@@H]2O[C@@H](C)[C@H](OCc3ccccc3)[C@@H](O[C@H]3O[C@H](COCc4ccccc4)[C@@H](OCc4ccccc4)[C@H](OCc4ccccc4)[C@H]3OCc3ccccc3)[C@H]2O)[C@H](OCc2ccccc2)[C@H]1OCc1ccccc1. The molecule has 0 aromatic heterocycles. The van der Waals surface area contributed by atoms with Crippen molar-refractivity contribution >= 4 is 0 Å². The van der Waals surface area contributed by atoms with Crippen LogP contribution in [-0.2, 0) is 103 Å². The van der Waals surface area contributed by atoms with Gasteiger partial charge in [-0.15, -0.1) is 0 Å². The zero-order valence-electron chi connectivity index (χ0n) is 45.8. The predicted octanol–water partition coefficient (Wildman–Crippen LogP) is 10.1. The average Bonchev–Trinajstić information content (AvgIpc) is 3.51. The molecule has 3 saturated heterocycles. The number of aliphatic hydroxyl groups is 2. The van der Waals surface area contributed by atoms with Crippen molar-refractivity contribution in [2.45, 2.75) is 152 Å². The van der Waals surface area contributed by atoms with Crippen molar-refractivity contribution in [2.24, 2.45) is 0 Å². The van der Waals surface area contributed by atoms with E-state index in [9.17, 15) is 10.2 Å². The van der Waals surface area contributed by atoms with E-state index in [4.69, 9.17) is 56.8 Å². The number of benzene rings is 7. The summed E-state index contributed by atoms with van der Waals surface area (Å²) in [6.07, 6.45) is -15.5. The van der Waals surface area contributed by atoms with Crippen LogP contribution in [0.4, 0.5) is 0 Å². The molecule has 3 heterocycles. The molecule has 14 nitrogen and oxygen atoms in total. The molecule has 2 N–H and O–H groups in total. The van der Waals surface area contributed by atoms with E-state index in [0.717, 1.165) is 38.9 Å². The Bertz CT molecular complexity index is 2840. The summed E-state index contributed by atoms with van der Waals surface area (Å²) in [4.78, 5) is 0. The Morgan fingerprint density at radius 3 is 1.02 bits per heavy atom. The normalized spacial score (nSPS) is 28.6. The molecule has 0 amide bonds. The standard InChI is InChI=1S/C67H74O14/c1-46-58(72-40-50-28-14-5-15-29-50)61(74-42-52-32-18-7-19-33-52)63(65(69)77-46)81-66-56(68)60(57(47(2)78-66)71-39-49-26-12-4-13-27-49)80-67-64(76-44-54-36-22-9-23-37-54)62(75-43-53-34-20-8-21-35-53)59(73-41-51-30-16-6-17-31-51)55(79-67)45-70-38-48-24-10-3-11-25-48/h3-37,46-47,55-69H,38-45H2,1-2H3/t46-,47-,55+,56+,57-,58-,59+,60-,61+,62-,63+,64+,65+,66-,67+/m0/s1. The first-order valence-electron chi connectivity index (χ1n) is 28.0. The molecule has 3 aliphatic rings. The molecule has 14 heteroatoms. The van der Waals surface area contributed by atoms with Gasteiger partial charge in [0.25, 0.3) is 0 Å². The van der Waals surface area contributed by atoms with E-state index in [-0.39, 0.29) is 46.2 Å². The second-order valence-electron chi connectivity index (χ2n) is 20.7. The summed E-state index contributed by atoms with van der Waals surface area (Å²) < 4.78 is 81.7. The van der Waals surface area contributed by atoms with Crippen LogP contribution in [0.2, 0.25) is 0 Å². The Kier molecular flexibility index (Phi) is 21.4. The fourth-order valence-corrected chi connectivity index (χ4v) is 10.5. The molecule has 0 radical (unpaired) electrons. The van der Waals surface area contributed by atoms with E-state index in [1.165, 1.54) is 0 Å². The predicted molar refractivity (Wildman–Crippen MR) is 302 cm³/mol. The Hall–Kier alpha value is -6.02.